The Hall–Kier alpha value is -9.38. The fraction of sp³-hybridized carbons (Fsp3) is 0.600. The number of likely N-dealkylation sites (N-methyl/N-ethyl adjacent to an activating group) is 1. The van der Waals surface area contributed by atoms with Crippen molar-refractivity contribution >= 4 is 87.9 Å². The Balaban J connectivity index is 0.957. The molecule has 8 atom stereocenters. The van der Waals surface area contributed by atoms with Gasteiger partial charge in [-0.25, -0.2) is 9.78 Å². The summed E-state index contributed by atoms with van der Waals surface area (Å²) in [5.74, 6) is -2.96. The lowest BCUT2D eigenvalue weighted by Gasteiger charge is -2.40. The molecule has 4 aromatic rings. The predicted molar refractivity (Wildman–Crippen MR) is 439 cm³/mol. The van der Waals surface area contributed by atoms with Crippen LogP contribution in [0.3, 0.4) is 0 Å². The molecule has 2 aliphatic heterocycles. The molecule has 30 heteroatoms. The number of nitrogens with two attached hydrogens (primary N) is 1. The molecule has 1 fully saturated rings. The maximum absolute atomic E-state index is 15.1. The van der Waals surface area contributed by atoms with Gasteiger partial charge in [0.15, 0.2) is 6.10 Å². The number of aliphatic carboxylic acids is 1. The zero-order valence-electron chi connectivity index (χ0n) is 68.8. The highest BCUT2D eigenvalue weighted by Gasteiger charge is 2.40. The number of benzene rings is 3. The molecule has 6 rings (SSSR count). The summed E-state index contributed by atoms with van der Waals surface area (Å²) in [4.78, 5) is 158. The maximum atomic E-state index is 15.1. The number of terminal acetylenes is 1. The van der Waals surface area contributed by atoms with Crippen molar-refractivity contribution in [2.75, 3.05) is 96.3 Å². The lowest BCUT2D eigenvalue weighted by molar-refractivity contribution is -0.150. The van der Waals surface area contributed by atoms with Gasteiger partial charge in [-0.05, 0) is 150 Å². The number of hydrogen-bond acceptors (Lipinski definition) is 19. The van der Waals surface area contributed by atoms with E-state index in [1.54, 1.807) is 61.8 Å². The van der Waals surface area contributed by atoms with Gasteiger partial charge in [0, 0.05) is 87.5 Å². The highest BCUT2D eigenvalue weighted by Crippen LogP contribution is 2.34. The summed E-state index contributed by atoms with van der Waals surface area (Å²) < 4.78 is 28.4. The molecule has 3 aromatic carbocycles. The number of primary amides is 1. The van der Waals surface area contributed by atoms with Crippen LogP contribution in [-0.4, -0.2) is 207 Å². The Morgan fingerprint density at radius 1 is 0.722 bits per heavy atom. The third kappa shape index (κ3) is 32.3. The summed E-state index contributed by atoms with van der Waals surface area (Å²) in [5.41, 5.74) is 9.28. The number of ether oxygens (including phenoxy) is 5. The van der Waals surface area contributed by atoms with E-state index >= 15 is 4.79 Å². The number of thiazole rings is 1. The average molecular weight is 1620 g/mol. The van der Waals surface area contributed by atoms with E-state index in [-0.39, 0.29) is 145 Å². The van der Waals surface area contributed by atoms with Crippen LogP contribution in [0, 0.1) is 35.5 Å². The number of unbranched alkanes of at least 4 members (excludes halogenated alkanes) is 2. The zero-order chi connectivity index (χ0) is 84.0. The molecule has 0 aliphatic carbocycles. The minimum atomic E-state index is -1.32. The lowest BCUT2D eigenvalue weighted by atomic mass is 9.84. The molecular formula is C85H124N12O17S. The van der Waals surface area contributed by atoms with Crippen LogP contribution in [0.5, 0.6) is 0 Å². The minimum absolute atomic E-state index is 0.0123. The van der Waals surface area contributed by atoms with E-state index in [9.17, 15) is 53.1 Å². The number of aromatic nitrogens is 1. The second-order valence-electron chi connectivity index (χ2n) is 30.9. The summed E-state index contributed by atoms with van der Waals surface area (Å²) in [5, 5.41) is 31.9. The van der Waals surface area contributed by atoms with Crippen molar-refractivity contribution in [3.63, 3.8) is 0 Å². The summed E-state index contributed by atoms with van der Waals surface area (Å²) in [7, 11) is 1.92. The van der Waals surface area contributed by atoms with Gasteiger partial charge in [0.2, 0.25) is 41.4 Å². The van der Waals surface area contributed by atoms with Gasteiger partial charge in [-0.2, -0.15) is 0 Å². The monoisotopic (exact) mass is 1620 g/mol. The van der Waals surface area contributed by atoms with Crippen LogP contribution in [0.2, 0.25) is 0 Å². The van der Waals surface area contributed by atoms with Crippen LogP contribution in [-0.2, 0) is 92.6 Å². The molecule has 1 saturated heterocycles. The van der Waals surface area contributed by atoms with E-state index in [0.717, 1.165) is 60.4 Å². The number of carboxylic acids is 1. The molecule has 1 unspecified atom stereocenters. The number of rotatable bonds is 50. The van der Waals surface area contributed by atoms with Crippen molar-refractivity contribution in [3.8, 4) is 12.3 Å². The normalized spacial score (nSPS) is 15.4. The van der Waals surface area contributed by atoms with E-state index in [4.69, 9.17) is 40.8 Å². The molecule has 2 aliphatic rings. The van der Waals surface area contributed by atoms with Gasteiger partial charge >= 0.3 is 18.0 Å². The number of carbonyl (C=O) groups is 11. The standard InChI is InChI=1S/C85H124N12O17S/c1-12-14-15-21-42-96(82(106)76(58(7)13-2)94-79(104)69-29-20-22-41-95(69)11)70(56(3)4)52-71(114-59(8)98)81-92-67(55-115-81)78(103)90-65(53-85(9,10)83(107)108)51-60-30-34-64(35-31-60)89-77(102)66(27-23-39-88-84(86)109)91-80(105)75(57(5)6)93-73(100)38-43-110-45-47-112-49-50-113-48-46-111-44-40-87-72(99)36-37-74(101)97-54-63-26-17-16-24-61(63)32-33-62-25-18-19-28-68(62)97/h1,16-19,24-26,28,30-31,34-35,55-58,65-66,69-71,75-76H,13-15,20-23,27,29,32-33,36-54H2,2-11H3,(H,87,99)(H,89,102)(H,90,103)(H,91,105)(H,93,100)(H,94,104)(H,107,108)(H3,86,88,109)/t58-,65-,66-,69+,70+,71+,75-,76?/m0/s1. The highest BCUT2D eigenvalue weighted by atomic mass is 32.1. The number of aryl methyl sites for hydroxylation is 2. The first-order valence-electron chi connectivity index (χ1n) is 40.5. The van der Waals surface area contributed by atoms with Crippen LogP contribution in [0.25, 0.3) is 0 Å². The number of urea groups is 1. The van der Waals surface area contributed by atoms with Crippen molar-refractivity contribution in [2.24, 2.45) is 28.9 Å². The van der Waals surface area contributed by atoms with Crippen LogP contribution in [0.4, 0.5) is 16.2 Å². The Morgan fingerprint density at radius 2 is 1.37 bits per heavy atom. The maximum Gasteiger partial charge on any atom is 0.312 e. The molecule has 632 valence electrons. The van der Waals surface area contributed by atoms with Crippen LogP contribution < -0.4 is 47.9 Å². The zero-order valence-corrected chi connectivity index (χ0v) is 69.6. The molecule has 1 aromatic heterocycles. The van der Waals surface area contributed by atoms with E-state index in [0.29, 0.717) is 81.3 Å². The Labute approximate surface area is 681 Å². The summed E-state index contributed by atoms with van der Waals surface area (Å²) in [6.45, 7) is 19.5. The molecule has 3 heterocycles. The molecule has 0 saturated carbocycles. The molecule has 115 heavy (non-hydrogen) atoms. The van der Waals surface area contributed by atoms with Crippen molar-refractivity contribution < 1.29 is 81.5 Å². The number of nitrogens with zero attached hydrogens (tertiary/aromatic N) is 4. The summed E-state index contributed by atoms with van der Waals surface area (Å²) >= 11 is 1.10. The Bertz CT molecular complexity index is 3850. The highest BCUT2D eigenvalue weighted by molar-refractivity contribution is 7.09. The van der Waals surface area contributed by atoms with Crippen LogP contribution in [0.1, 0.15) is 196 Å². The molecule has 10 amide bonds. The number of esters is 1. The van der Waals surface area contributed by atoms with Crippen LogP contribution in [0.15, 0.2) is 78.2 Å². The molecule has 0 spiro atoms. The largest absolute Gasteiger partial charge is 0.481 e. The number of anilines is 2. The fourth-order valence-electron chi connectivity index (χ4n) is 13.9. The average Bonchev–Trinajstić information content (AvgIpc) is 1.80. The van der Waals surface area contributed by atoms with E-state index in [1.807, 2.05) is 70.0 Å². The molecular weight excluding hydrogens is 1490 g/mol. The molecule has 0 radical (unpaired) electrons. The summed E-state index contributed by atoms with van der Waals surface area (Å²) in [6.07, 6.45) is 11.9. The third-order valence-corrected chi connectivity index (χ3v) is 21.7. The van der Waals surface area contributed by atoms with Gasteiger partial charge < -0.3 is 81.5 Å². The first-order valence-corrected chi connectivity index (χ1v) is 41.3. The smallest absolute Gasteiger partial charge is 0.312 e. The lowest BCUT2D eigenvalue weighted by Crippen LogP contribution is -2.59. The number of carboxylic acid groups (broad SMARTS) is 1. The van der Waals surface area contributed by atoms with Gasteiger partial charge in [-0.3, -0.25) is 52.8 Å². The predicted octanol–water partition coefficient (Wildman–Crippen LogP) is 8.35. The van der Waals surface area contributed by atoms with Gasteiger partial charge in [-0.1, -0.05) is 109 Å². The number of hydrogen-bond donors (Lipinski definition) is 9. The second kappa shape index (κ2) is 49.5. The summed E-state index contributed by atoms with van der Waals surface area (Å²) in [6, 6.07) is 17.2. The van der Waals surface area contributed by atoms with Crippen molar-refractivity contribution in [2.45, 2.75) is 220 Å². The van der Waals surface area contributed by atoms with Crippen molar-refractivity contribution in [1.29, 1.82) is 0 Å². The quantitative estimate of drug-likeness (QED) is 0.0114. The molecule has 0 bridgehead atoms. The number of fused-ring (bicyclic) bond motifs is 2. The number of likely N-dealkylation sites (tertiary alicyclic amines) is 1. The second-order valence-corrected chi connectivity index (χ2v) is 31.8. The van der Waals surface area contributed by atoms with E-state index in [2.05, 4.69) is 61.3 Å². The van der Waals surface area contributed by atoms with E-state index in [1.165, 1.54) is 17.9 Å². The fourth-order valence-corrected chi connectivity index (χ4v) is 14.7. The first-order chi connectivity index (χ1) is 55.0. The van der Waals surface area contributed by atoms with Crippen molar-refractivity contribution in [3.05, 3.63) is 111 Å². The topological polar surface area (TPSA) is 387 Å². The first kappa shape index (κ1) is 94.5. The van der Waals surface area contributed by atoms with Gasteiger partial charge in [-0.15, -0.1) is 23.7 Å². The molecule has 29 nitrogen and oxygen atoms in total. The number of carbonyl (C=O) groups excluding carboxylic acids is 10. The van der Waals surface area contributed by atoms with Gasteiger partial charge in [0.25, 0.3) is 5.91 Å². The minimum Gasteiger partial charge on any atom is -0.481 e. The Morgan fingerprint density at radius 3 is 2.01 bits per heavy atom. The Kier molecular flexibility index (Phi) is 40.7. The van der Waals surface area contributed by atoms with Crippen molar-refractivity contribution in [1.82, 2.24) is 46.7 Å². The van der Waals surface area contributed by atoms with E-state index < -0.39 is 89.2 Å². The van der Waals surface area contributed by atoms with Gasteiger partial charge in [0.1, 0.15) is 28.8 Å². The number of piperidine rings is 1. The van der Waals surface area contributed by atoms with Gasteiger partial charge in [0.05, 0.1) is 70.9 Å². The SMILES string of the molecule is C#CCCCCN(C(=O)C(NC(=O)[C@H]1CCCCN1C)[C@@H](C)CC)[C@H](C[C@@H](OC(C)=O)c1nc(C(=O)N[C@@H](Cc2ccc(NC(=O)[C@H](CCCNC(N)=O)NC(=O)[C@@H](NC(=O)CCOCCOCCOCCOCCNC(=O)CCC(=O)N3Cc4ccccc4CCc4ccccc43)C(C)C)cc2)CC(C)(C)C(=O)O)cs1)C(C)C. The number of amides is 10. The number of para-hydroxylation sites is 1. The number of nitrogens with one attached hydrogen (secondary N) is 7. The molecule has 10 N–H and O–H groups in total. The third-order valence-electron chi connectivity index (χ3n) is 20.7. The van der Waals surface area contributed by atoms with Crippen LogP contribution >= 0.6 is 11.3 Å².